The lowest BCUT2D eigenvalue weighted by Gasteiger charge is -2.21. The van der Waals surface area contributed by atoms with Gasteiger partial charge in [0.05, 0.1) is 12.1 Å². The molecule has 0 amide bonds. The van der Waals surface area contributed by atoms with Crippen LogP contribution in [0.1, 0.15) is 28.0 Å². The van der Waals surface area contributed by atoms with Crippen LogP contribution in [0.5, 0.6) is 0 Å². The second-order valence-corrected chi connectivity index (χ2v) is 4.20. The van der Waals surface area contributed by atoms with Gasteiger partial charge < -0.3 is 10.0 Å². The maximum Gasteiger partial charge on any atom is 0.390 e. The molecule has 0 spiro atoms. The molecule has 0 aromatic carbocycles. The molecule has 5 nitrogen and oxygen atoms in total. The number of carbonyl (C=O) groups is 1. The average Bonchev–Trinajstić information content (AvgIpc) is 2.27. The van der Waals surface area contributed by atoms with Crippen LogP contribution < -0.4 is 4.90 Å². The molecular weight excluding hydrogens is 263 g/mol. The highest BCUT2D eigenvalue weighted by atomic mass is 19.4. The number of aromatic nitrogens is 2. The molecule has 1 aromatic heterocycles. The van der Waals surface area contributed by atoms with Gasteiger partial charge in [-0.15, -0.1) is 5.10 Å². The van der Waals surface area contributed by atoms with Gasteiger partial charge in [-0.05, 0) is 19.4 Å². The zero-order chi connectivity index (χ0) is 14.8. The van der Waals surface area contributed by atoms with Gasteiger partial charge in [0, 0.05) is 13.6 Å². The van der Waals surface area contributed by atoms with Gasteiger partial charge >= 0.3 is 12.1 Å². The number of nitrogens with zero attached hydrogens (tertiary/aromatic N) is 3. The molecule has 1 heterocycles. The minimum atomic E-state index is -4.30. The van der Waals surface area contributed by atoms with Crippen molar-refractivity contribution in [3.63, 3.8) is 0 Å². The van der Waals surface area contributed by atoms with Crippen molar-refractivity contribution in [2.45, 2.75) is 26.4 Å². The molecule has 0 saturated heterocycles. The number of carboxylic acid groups (broad SMARTS) is 1. The van der Waals surface area contributed by atoms with E-state index in [4.69, 9.17) is 5.11 Å². The largest absolute Gasteiger partial charge is 0.478 e. The molecule has 0 saturated carbocycles. The van der Waals surface area contributed by atoms with Gasteiger partial charge in [-0.1, -0.05) is 0 Å². The van der Waals surface area contributed by atoms with Crippen molar-refractivity contribution in [3.8, 4) is 0 Å². The van der Waals surface area contributed by atoms with Crippen molar-refractivity contribution >= 4 is 11.8 Å². The third-order valence-electron chi connectivity index (χ3n) is 2.74. The Morgan fingerprint density at radius 2 is 1.89 bits per heavy atom. The first kappa shape index (κ1) is 15.2. The van der Waals surface area contributed by atoms with E-state index in [1.54, 1.807) is 13.8 Å². The SMILES string of the molecule is Cc1nnc(N(C)CCC(F)(F)F)c(C(=O)O)c1C. The normalized spacial score (nSPS) is 11.5. The zero-order valence-corrected chi connectivity index (χ0v) is 10.7. The molecular formula is C11H14F3N3O2. The van der Waals surface area contributed by atoms with Crippen LogP contribution in [0.15, 0.2) is 0 Å². The Labute approximate surface area is 108 Å². The fourth-order valence-corrected chi connectivity index (χ4v) is 1.52. The number of halogens is 3. The quantitative estimate of drug-likeness (QED) is 0.913. The minimum absolute atomic E-state index is 0.0557. The van der Waals surface area contributed by atoms with Gasteiger partial charge in [-0.2, -0.15) is 18.3 Å². The van der Waals surface area contributed by atoms with Crippen LogP contribution in [0.3, 0.4) is 0 Å². The monoisotopic (exact) mass is 277 g/mol. The van der Waals surface area contributed by atoms with Gasteiger partial charge in [0.1, 0.15) is 5.56 Å². The van der Waals surface area contributed by atoms with Crippen molar-refractivity contribution in [2.75, 3.05) is 18.5 Å². The Kier molecular flexibility index (Phi) is 4.33. The Balaban J connectivity index is 3.06. The molecule has 0 atom stereocenters. The molecule has 106 valence electrons. The number of aryl methyl sites for hydroxylation is 1. The van der Waals surface area contributed by atoms with E-state index in [0.29, 0.717) is 11.3 Å². The van der Waals surface area contributed by atoms with E-state index in [-0.39, 0.29) is 17.9 Å². The van der Waals surface area contributed by atoms with E-state index in [9.17, 15) is 18.0 Å². The molecule has 1 N–H and O–H groups in total. The Hall–Kier alpha value is -1.86. The highest BCUT2D eigenvalue weighted by Gasteiger charge is 2.28. The van der Waals surface area contributed by atoms with E-state index in [2.05, 4.69) is 10.2 Å². The van der Waals surface area contributed by atoms with E-state index in [1.165, 1.54) is 7.05 Å². The summed E-state index contributed by atoms with van der Waals surface area (Å²) in [4.78, 5) is 12.3. The molecule has 0 radical (unpaired) electrons. The molecule has 0 bridgehead atoms. The van der Waals surface area contributed by atoms with Crippen LogP contribution in [-0.2, 0) is 0 Å². The van der Waals surface area contributed by atoms with Gasteiger partial charge in [-0.25, -0.2) is 4.79 Å². The first-order chi connectivity index (χ1) is 8.63. The number of hydrogen-bond acceptors (Lipinski definition) is 4. The first-order valence-corrected chi connectivity index (χ1v) is 5.48. The van der Waals surface area contributed by atoms with Crippen LogP contribution >= 0.6 is 0 Å². The summed E-state index contributed by atoms with van der Waals surface area (Å²) in [5, 5.41) is 16.6. The first-order valence-electron chi connectivity index (χ1n) is 5.48. The van der Waals surface area contributed by atoms with Crippen LogP contribution in [0.4, 0.5) is 19.0 Å². The van der Waals surface area contributed by atoms with Crippen LogP contribution in [0, 0.1) is 13.8 Å². The molecule has 0 aliphatic heterocycles. The minimum Gasteiger partial charge on any atom is -0.478 e. The predicted molar refractivity (Wildman–Crippen MR) is 62.4 cm³/mol. The zero-order valence-electron chi connectivity index (χ0n) is 10.7. The molecule has 0 aliphatic carbocycles. The number of carboxylic acids is 1. The molecule has 1 aromatic rings. The van der Waals surface area contributed by atoms with E-state index in [0.717, 1.165) is 4.90 Å². The van der Waals surface area contributed by atoms with E-state index >= 15 is 0 Å². The summed E-state index contributed by atoms with van der Waals surface area (Å²) in [6.07, 6.45) is -5.35. The van der Waals surface area contributed by atoms with Crippen molar-refractivity contribution in [3.05, 3.63) is 16.8 Å². The Morgan fingerprint density at radius 3 is 2.37 bits per heavy atom. The topological polar surface area (TPSA) is 66.3 Å². The summed E-state index contributed by atoms with van der Waals surface area (Å²) in [6.45, 7) is 2.77. The van der Waals surface area contributed by atoms with Crippen molar-refractivity contribution in [2.24, 2.45) is 0 Å². The number of aromatic carboxylic acids is 1. The molecule has 0 fully saturated rings. The summed E-state index contributed by atoms with van der Waals surface area (Å²) >= 11 is 0. The maximum atomic E-state index is 12.2. The highest BCUT2D eigenvalue weighted by molar-refractivity contribution is 5.95. The van der Waals surface area contributed by atoms with E-state index in [1.807, 2.05) is 0 Å². The van der Waals surface area contributed by atoms with Crippen molar-refractivity contribution in [1.29, 1.82) is 0 Å². The number of anilines is 1. The fourth-order valence-electron chi connectivity index (χ4n) is 1.52. The molecule has 0 unspecified atom stereocenters. The smallest absolute Gasteiger partial charge is 0.390 e. The Bertz CT molecular complexity index is 489. The lowest BCUT2D eigenvalue weighted by molar-refractivity contribution is -0.132. The summed E-state index contributed by atoms with van der Waals surface area (Å²) in [5.41, 5.74) is 0.721. The van der Waals surface area contributed by atoms with Gasteiger partial charge in [0.15, 0.2) is 5.82 Å². The van der Waals surface area contributed by atoms with Crippen molar-refractivity contribution < 1.29 is 23.1 Å². The average molecular weight is 277 g/mol. The molecule has 8 heteroatoms. The lowest BCUT2D eigenvalue weighted by Crippen LogP contribution is -2.27. The Morgan fingerprint density at radius 1 is 1.32 bits per heavy atom. The third kappa shape index (κ3) is 3.80. The van der Waals surface area contributed by atoms with Crippen LogP contribution in [0.25, 0.3) is 0 Å². The van der Waals surface area contributed by atoms with Gasteiger partial charge in [-0.3, -0.25) is 0 Å². The predicted octanol–water partition coefficient (Wildman–Crippen LogP) is 2.18. The number of rotatable bonds is 4. The molecule has 1 rings (SSSR count). The summed E-state index contributed by atoms with van der Waals surface area (Å²) in [6, 6.07) is 0. The summed E-state index contributed by atoms with van der Waals surface area (Å²) < 4.78 is 36.5. The number of hydrogen-bond donors (Lipinski definition) is 1. The lowest BCUT2D eigenvalue weighted by atomic mass is 10.1. The molecule has 19 heavy (non-hydrogen) atoms. The molecule has 0 aliphatic rings. The van der Waals surface area contributed by atoms with Crippen molar-refractivity contribution in [1.82, 2.24) is 10.2 Å². The fraction of sp³-hybridized carbons (Fsp3) is 0.545. The maximum absolute atomic E-state index is 12.2. The highest BCUT2D eigenvalue weighted by Crippen LogP contribution is 2.24. The standard InChI is InChI=1S/C11H14F3N3O2/c1-6-7(2)15-16-9(8(6)10(18)19)17(3)5-4-11(12,13)14/h4-5H2,1-3H3,(H,18,19). The number of alkyl halides is 3. The van der Waals surface area contributed by atoms with Crippen LogP contribution in [0.2, 0.25) is 0 Å². The third-order valence-corrected chi connectivity index (χ3v) is 2.74. The summed E-state index contributed by atoms with van der Waals surface area (Å²) in [7, 11) is 1.36. The second-order valence-electron chi connectivity index (χ2n) is 4.20. The summed E-state index contributed by atoms with van der Waals surface area (Å²) in [5.74, 6) is -1.29. The van der Waals surface area contributed by atoms with Gasteiger partial charge in [0.25, 0.3) is 0 Å². The van der Waals surface area contributed by atoms with Gasteiger partial charge in [0.2, 0.25) is 0 Å². The van der Waals surface area contributed by atoms with E-state index < -0.39 is 18.6 Å². The van der Waals surface area contributed by atoms with Crippen LogP contribution in [-0.4, -0.2) is 41.0 Å². The second kappa shape index (κ2) is 5.41.